The number of carboxylic acid groups (broad SMARTS) is 1. The molecule has 0 aliphatic carbocycles. The van der Waals surface area contributed by atoms with Gasteiger partial charge in [0.15, 0.2) is 0 Å². The van der Waals surface area contributed by atoms with Gasteiger partial charge in [-0.2, -0.15) is 0 Å². The van der Waals surface area contributed by atoms with Gasteiger partial charge in [-0.1, -0.05) is 17.7 Å². The topological polar surface area (TPSA) is 74.7 Å². The van der Waals surface area contributed by atoms with Crippen molar-refractivity contribution in [1.82, 2.24) is 0 Å². The molecule has 7 heteroatoms. The van der Waals surface area contributed by atoms with E-state index in [1.165, 1.54) is 13.1 Å². The molecule has 0 radical (unpaired) electrons. The van der Waals surface area contributed by atoms with Gasteiger partial charge in [0, 0.05) is 7.05 Å². The Labute approximate surface area is 133 Å². The molecule has 5 nitrogen and oxygen atoms in total. The zero-order valence-corrected chi connectivity index (χ0v) is 14.4. The van der Waals surface area contributed by atoms with Crippen LogP contribution in [0.4, 0.5) is 5.69 Å². The van der Waals surface area contributed by atoms with Crippen molar-refractivity contribution in [2.75, 3.05) is 11.4 Å². The van der Waals surface area contributed by atoms with Gasteiger partial charge in [-0.15, -0.1) is 11.3 Å². The first kappa shape index (κ1) is 16.5. The van der Waals surface area contributed by atoms with Crippen molar-refractivity contribution in [2.45, 2.75) is 25.7 Å². The summed E-state index contributed by atoms with van der Waals surface area (Å²) in [5.74, 6) is -1.13. The second-order valence-electron chi connectivity index (χ2n) is 5.14. The first-order chi connectivity index (χ1) is 10.2. The third-order valence-corrected chi connectivity index (χ3v) is 6.37. The van der Waals surface area contributed by atoms with Crippen LogP contribution in [0.5, 0.6) is 0 Å². The summed E-state index contributed by atoms with van der Waals surface area (Å²) in [6, 6.07) is 5.11. The molecule has 1 aromatic carbocycles. The molecular weight excluding hydrogens is 322 g/mol. The molecule has 1 heterocycles. The molecule has 0 aliphatic heterocycles. The number of hydrogen-bond donors (Lipinski definition) is 1. The monoisotopic (exact) mass is 339 g/mol. The fourth-order valence-corrected chi connectivity index (χ4v) is 4.98. The molecule has 0 spiro atoms. The number of aromatic carboxylic acids is 1. The minimum atomic E-state index is -3.82. The number of anilines is 1. The van der Waals surface area contributed by atoms with Crippen LogP contribution in [0.3, 0.4) is 0 Å². The summed E-state index contributed by atoms with van der Waals surface area (Å²) in [6.07, 6.45) is 0. The van der Waals surface area contributed by atoms with Gasteiger partial charge >= 0.3 is 5.97 Å². The molecule has 0 atom stereocenters. The van der Waals surface area contributed by atoms with E-state index in [4.69, 9.17) is 0 Å². The Kier molecular flexibility index (Phi) is 4.30. The minimum absolute atomic E-state index is 0.00786. The predicted molar refractivity (Wildman–Crippen MR) is 87.5 cm³/mol. The number of rotatable bonds is 4. The first-order valence-electron chi connectivity index (χ1n) is 6.54. The highest BCUT2D eigenvalue weighted by Gasteiger charge is 2.28. The van der Waals surface area contributed by atoms with Gasteiger partial charge in [0.25, 0.3) is 10.0 Å². The van der Waals surface area contributed by atoms with Crippen molar-refractivity contribution in [3.8, 4) is 0 Å². The van der Waals surface area contributed by atoms with Crippen LogP contribution in [-0.2, 0) is 10.0 Å². The van der Waals surface area contributed by atoms with E-state index in [1.54, 1.807) is 31.4 Å². The summed E-state index contributed by atoms with van der Waals surface area (Å²) in [5.41, 5.74) is 2.46. The normalized spacial score (nSPS) is 11.5. The highest BCUT2D eigenvalue weighted by Crippen LogP contribution is 2.32. The van der Waals surface area contributed by atoms with Crippen LogP contribution in [-0.4, -0.2) is 26.5 Å². The molecule has 1 N–H and O–H groups in total. The number of benzene rings is 1. The maximum atomic E-state index is 12.9. The third kappa shape index (κ3) is 2.74. The van der Waals surface area contributed by atoms with Gasteiger partial charge < -0.3 is 5.11 Å². The fraction of sp³-hybridized carbons (Fsp3) is 0.267. The lowest BCUT2D eigenvalue weighted by atomic mass is 10.1. The molecule has 0 fully saturated rings. The number of carboxylic acids is 1. The molecule has 0 amide bonds. The van der Waals surface area contributed by atoms with E-state index >= 15 is 0 Å². The molecule has 118 valence electrons. The quantitative estimate of drug-likeness (QED) is 0.928. The Morgan fingerprint density at radius 1 is 1.18 bits per heavy atom. The van der Waals surface area contributed by atoms with Gasteiger partial charge in [-0.05, 0) is 43.3 Å². The van der Waals surface area contributed by atoms with Crippen LogP contribution in [0.1, 0.15) is 26.4 Å². The van der Waals surface area contributed by atoms with Crippen LogP contribution in [0.15, 0.2) is 28.5 Å². The van der Waals surface area contributed by atoms with Gasteiger partial charge in [0.05, 0.1) is 10.6 Å². The van der Waals surface area contributed by atoms with E-state index in [-0.39, 0.29) is 15.5 Å². The molecule has 0 saturated heterocycles. The van der Waals surface area contributed by atoms with Crippen molar-refractivity contribution in [2.24, 2.45) is 0 Å². The van der Waals surface area contributed by atoms with Crippen molar-refractivity contribution in [3.05, 3.63) is 45.1 Å². The highest BCUT2D eigenvalue weighted by molar-refractivity contribution is 7.93. The van der Waals surface area contributed by atoms with E-state index in [0.717, 1.165) is 21.2 Å². The van der Waals surface area contributed by atoms with Gasteiger partial charge in [-0.3, -0.25) is 4.31 Å². The zero-order chi connectivity index (χ0) is 16.7. The third-order valence-electron chi connectivity index (χ3n) is 3.40. The molecule has 0 bridgehead atoms. The van der Waals surface area contributed by atoms with Crippen molar-refractivity contribution in [1.29, 1.82) is 0 Å². The van der Waals surface area contributed by atoms with Crippen molar-refractivity contribution < 1.29 is 18.3 Å². The number of carbonyl (C=O) groups is 1. The van der Waals surface area contributed by atoms with E-state index in [9.17, 15) is 18.3 Å². The van der Waals surface area contributed by atoms with Crippen LogP contribution < -0.4 is 4.31 Å². The lowest BCUT2D eigenvalue weighted by molar-refractivity contribution is 0.0703. The largest absolute Gasteiger partial charge is 0.477 e. The Bertz CT molecular complexity index is 814. The Balaban J connectivity index is 2.60. The molecule has 2 aromatic rings. The molecule has 1 aromatic heterocycles. The number of thiophene rings is 1. The van der Waals surface area contributed by atoms with E-state index < -0.39 is 16.0 Å². The number of sulfonamides is 1. The summed E-state index contributed by atoms with van der Waals surface area (Å²) < 4.78 is 26.8. The van der Waals surface area contributed by atoms with Gasteiger partial charge in [0.1, 0.15) is 4.88 Å². The lowest BCUT2D eigenvalue weighted by Crippen LogP contribution is -2.28. The Hall–Kier alpha value is -1.86. The number of hydrogen-bond acceptors (Lipinski definition) is 4. The standard InChI is InChI=1S/C15H17NO4S2/c1-9-7-10(2)14(11(3)8-9)22(19,20)16(4)12-5-6-21-13(12)15(17)18/h5-8H,1-4H3,(H,17,18). The van der Waals surface area contributed by atoms with Crippen molar-refractivity contribution in [3.63, 3.8) is 0 Å². The Morgan fingerprint density at radius 3 is 2.23 bits per heavy atom. The summed E-state index contributed by atoms with van der Waals surface area (Å²) in [5, 5.41) is 10.7. The summed E-state index contributed by atoms with van der Waals surface area (Å²) in [7, 11) is -2.44. The van der Waals surface area contributed by atoms with Crippen molar-refractivity contribution >= 4 is 33.0 Å². The molecule has 0 unspecified atom stereocenters. The summed E-state index contributed by atoms with van der Waals surface area (Å²) >= 11 is 1.00. The van der Waals surface area contributed by atoms with Crippen LogP contribution >= 0.6 is 11.3 Å². The maximum absolute atomic E-state index is 12.9. The number of aryl methyl sites for hydroxylation is 3. The van der Waals surface area contributed by atoms with Gasteiger partial charge in [-0.25, -0.2) is 13.2 Å². The zero-order valence-electron chi connectivity index (χ0n) is 12.7. The van der Waals surface area contributed by atoms with Gasteiger partial charge in [0.2, 0.25) is 0 Å². The molecular formula is C15H17NO4S2. The van der Waals surface area contributed by atoms with E-state index in [1.807, 2.05) is 6.92 Å². The van der Waals surface area contributed by atoms with E-state index in [2.05, 4.69) is 0 Å². The minimum Gasteiger partial charge on any atom is -0.477 e. The SMILES string of the molecule is Cc1cc(C)c(S(=O)(=O)N(C)c2ccsc2C(=O)O)c(C)c1. The average molecular weight is 339 g/mol. The number of nitrogens with zero attached hydrogens (tertiary/aromatic N) is 1. The lowest BCUT2D eigenvalue weighted by Gasteiger charge is -2.22. The fourth-order valence-electron chi connectivity index (χ4n) is 2.55. The van der Waals surface area contributed by atoms with E-state index in [0.29, 0.717) is 11.1 Å². The summed E-state index contributed by atoms with van der Waals surface area (Å²) in [6.45, 7) is 5.39. The van der Waals surface area contributed by atoms with Crippen LogP contribution in [0.25, 0.3) is 0 Å². The first-order valence-corrected chi connectivity index (χ1v) is 8.85. The van der Waals surface area contributed by atoms with Crippen LogP contribution in [0.2, 0.25) is 0 Å². The van der Waals surface area contributed by atoms with Crippen LogP contribution in [0, 0.1) is 20.8 Å². The second kappa shape index (κ2) is 5.73. The average Bonchev–Trinajstić information content (AvgIpc) is 2.84. The highest BCUT2D eigenvalue weighted by atomic mass is 32.2. The molecule has 0 saturated carbocycles. The molecule has 22 heavy (non-hydrogen) atoms. The smallest absolute Gasteiger partial charge is 0.348 e. The second-order valence-corrected chi connectivity index (χ2v) is 7.96. The molecule has 0 aliphatic rings. The maximum Gasteiger partial charge on any atom is 0.348 e. The predicted octanol–water partition coefficient (Wildman–Crippen LogP) is 3.20. The molecule has 2 rings (SSSR count). The Morgan fingerprint density at radius 2 is 1.73 bits per heavy atom. The summed E-state index contributed by atoms with van der Waals surface area (Å²) in [4.78, 5) is 11.5.